The van der Waals surface area contributed by atoms with E-state index in [1.54, 1.807) is 6.20 Å². The molecule has 0 bridgehead atoms. The predicted octanol–water partition coefficient (Wildman–Crippen LogP) is 1.85. The van der Waals surface area contributed by atoms with Crippen LogP contribution in [0.1, 0.15) is 0 Å². The van der Waals surface area contributed by atoms with Crippen molar-refractivity contribution in [2.75, 3.05) is 13.2 Å². The van der Waals surface area contributed by atoms with E-state index in [0.717, 1.165) is 22.6 Å². The maximum absolute atomic E-state index is 5.61. The molecule has 0 unspecified atom stereocenters. The number of H-pyrrole nitrogens is 1. The van der Waals surface area contributed by atoms with Crippen molar-refractivity contribution in [1.29, 1.82) is 0 Å². The Kier molecular flexibility index (Phi) is 1.84. The van der Waals surface area contributed by atoms with Crippen molar-refractivity contribution in [1.82, 2.24) is 10.2 Å². The summed E-state index contributed by atoms with van der Waals surface area (Å²) in [7, 11) is 0. The van der Waals surface area contributed by atoms with Crippen molar-refractivity contribution in [3.05, 3.63) is 30.6 Å². The topological polar surface area (TPSA) is 47.1 Å². The Morgan fingerprint density at radius 3 is 3.00 bits per heavy atom. The molecule has 1 aliphatic heterocycles. The molecule has 0 amide bonds. The summed E-state index contributed by atoms with van der Waals surface area (Å²) in [5.41, 5.74) is 2.03. The minimum Gasteiger partial charge on any atom is -0.486 e. The maximum atomic E-state index is 5.61. The van der Waals surface area contributed by atoms with Gasteiger partial charge in [-0.05, 0) is 6.07 Å². The van der Waals surface area contributed by atoms with Gasteiger partial charge >= 0.3 is 0 Å². The monoisotopic (exact) mass is 202 g/mol. The van der Waals surface area contributed by atoms with Crippen molar-refractivity contribution < 1.29 is 9.47 Å². The van der Waals surface area contributed by atoms with E-state index in [4.69, 9.17) is 9.47 Å². The van der Waals surface area contributed by atoms with Gasteiger partial charge in [-0.15, -0.1) is 0 Å². The second-order valence-electron chi connectivity index (χ2n) is 3.32. The van der Waals surface area contributed by atoms with Gasteiger partial charge in [0.1, 0.15) is 13.2 Å². The van der Waals surface area contributed by atoms with E-state index in [-0.39, 0.29) is 0 Å². The molecule has 1 aromatic carbocycles. The van der Waals surface area contributed by atoms with Crippen LogP contribution in [-0.4, -0.2) is 23.4 Å². The molecular formula is C11H10N2O2. The molecule has 2 heterocycles. The third-order valence-electron chi connectivity index (χ3n) is 2.38. The maximum Gasteiger partial charge on any atom is 0.169 e. The number of rotatable bonds is 1. The number of nitrogens with one attached hydrogen (secondary N) is 1. The summed E-state index contributed by atoms with van der Waals surface area (Å²) in [5.74, 6) is 1.62. The van der Waals surface area contributed by atoms with Crippen LogP contribution < -0.4 is 9.47 Å². The number of aromatic nitrogens is 2. The lowest BCUT2D eigenvalue weighted by Crippen LogP contribution is -2.15. The highest BCUT2D eigenvalue weighted by Gasteiger charge is 2.16. The molecule has 0 aliphatic carbocycles. The Labute approximate surface area is 86.8 Å². The van der Waals surface area contributed by atoms with E-state index < -0.39 is 0 Å². The summed E-state index contributed by atoms with van der Waals surface area (Å²) in [5, 5.41) is 6.71. The quantitative estimate of drug-likeness (QED) is 0.767. The zero-order valence-electron chi connectivity index (χ0n) is 8.06. The number of nitrogens with zero attached hydrogens (tertiary/aromatic N) is 1. The van der Waals surface area contributed by atoms with Crippen molar-refractivity contribution in [2.45, 2.75) is 0 Å². The minimum atomic E-state index is 0.599. The first kappa shape index (κ1) is 8.35. The molecular weight excluding hydrogens is 192 g/mol. The fraction of sp³-hybridized carbons (Fsp3) is 0.182. The van der Waals surface area contributed by atoms with Gasteiger partial charge in [-0.2, -0.15) is 5.10 Å². The molecule has 1 aromatic heterocycles. The first-order valence-electron chi connectivity index (χ1n) is 4.83. The van der Waals surface area contributed by atoms with Gasteiger partial charge in [0.05, 0.1) is 6.20 Å². The van der Waals surface area contributed by atoms with E-state index in [0.29, 0.717) is 13.2 Å². The zero-order chi connectivity index (χ0) is 10.1. The van der Waals surface area contributed by atoms with Crippen molar-refractivity contribution in [3.63, 3.8) is 0 Å². The van der Waals surface area contributed by atoms with Crippen molar-refractivity contribution in [2.24, 2.45) is 0 Å². The number of aromatic amines is 1. The van der Waals surface area contributed by atoms with Crippen LogP contribution >= 0.6 is 0 Å². The second-order valence-corrected chi connectivity index (χ2v) is 3.32. The van der Waals surface area contributed by atoms with E-state index in [9.17, 15) is 0 Å². The molecule has 15 heavy (non-hydrogen) atoms. The van der Waals surface area contributed by atoms with Gasteiger partial charge in [-0.1, -0.05) is 12.1 Å². The summed E-state index contributed by atoms with van der Waals surface area (Å²) < 4.78 is 11.1. The molecule has 0 saturated carbocycles. The average molecular weight is 202 g/mol. The second kappa shape index (κ2) is 3.31. The van der Waals surface area contributed by atoms with Gasteiger partial charge in [0, 0.05) is 17.3 Å². The number of hydrogen-bond acceptors (Lipinski definition) is 3. The van der Waals surface area contributed by atoms with Crippen LogP contribution in [-0.2, 0) is 0 Å². The van der Waals surface area contributed by atoms with Gasteiger partial charge in [-0.25, -0.2) is 0 Å². The van der Waals surface area contributed by atoms with Crippen molar-refractivity contribution in [3.8, 4) is 22.6 Å². The summed E-state index contributed by atoms with van der Waals surface area (Å²) >= 11 is 0. The van der Waals surface area contributed by atoms with Crippen LogP contribution in [0.25, 0.3) is 11.1 Å². The van der Waals surface area contributed by atoms with Crippen LogP contribution in [0.3, 0.4) is 0 Å². The van der Waals surface area contributed by atoms with Crippen LogP contribution in [0.4, 0.5) is 0 Å². The SMILES string of the molecule is c1cc2c(c(-c3cn[nH]c3)c1)OCCO2. The highest BCUT2D eigenvalue weighted by atomic mass is 16.6. The summed E-state index contributed by atoms with van der Waals surface area (Å²) in [6, 6.07) is 5.87. The smallest absolute Gasteiger partial charge is 0.169 e. The third kappa shape index (κ3) is 1.34. The number of para-hydroxylation sites is 1. The number of ether oxygens (including phenoxy) is 2. The lowest BCUT2D eigenvalue weighted by atomic mass is 10.1. The molecule has 0 saturated heterocycles. The van der Waals surface area contributed by atoms with E-state index >= 15 is 0 Å². The highest BCUT2D eigenvalue weighted by Crippen LogP contribution is 2.39. The van der Waals surface area contributed by atoms with Gasteiger partial charge in [0.15, 0.2) is 11.5 Å². The van der Waals surface area contributed by atoms with Crippen LogP contribution in [0.2, 0.25) is 0 Å². The highest BCUT2D eigenvalue weighted by molar-refractivity contribution is 5.73. The Bertz CT molecular complexity index is 465. The van der Waals surface area contributed by atoms with Gasteiger partial charge < -0.3 is 9.47 Å². The molecule has 2 aromatic rings. The molecule has 3 rings (SSSR count). The van der Waals surface area contributed by atoms with Gasteiger partial charge in [0.25, 0.3) is 0 Å². The molecule has 1 N–H and O–H groups in total. The standard InChI is InChI=1S/C11H10N2O2/c1-2-9(8-6-12-13-7-8)11-10(3-1)14-4-5-15-11/h1-3,6-7H,4-5H2,(H,12,13). The largest absolute Gasteiger partial charge is 0.486 e. The minimum absolute atomic E-state index is 0.599. The summed E-state index contributed by atoms with van der Waals surface area (Å²) in [6.07, 6.45) is 3.61. The lowest BCUT2D eigenvalue weighted by molar-refractivity contribution is 0.172. The predicted molar refractivity (Wildman–Crippen MR) is 55.0 cm³/mol. The molecule has 4 nitrogen and oxygen atoms in total. The number of fused-ring (bicyclic) bond motifs is 1. The Hall–Kier alpha value is -1.97. The average Bonchev–Trinajstić information content (AvgIpc) is 2.82. The molecule has 4 heteroatoms. The molecule has 0 atom stereocenters. The zero-order valence-corrected chi connectivity index (χ0v) is 8.06. The summed E-state index contributed by atoms with van der Waals surface area (Å²) in [4.78, 5) is 0. The van der Waals surface area contributed by atoms with Crippen LogP contribution in [0.15, 0.2) is 30.6 Å². The molecule has 76 valence electrons. The normalized spacial score (nSPS) is 13.9. The Morgan fingerprint density at radius 1 is 1.20 bits per heavy atom. The number of hydrogen-bond donors (Lipinski definition) is 1. The van der Waals surface area contributed by atoms with Crippen LogP contribution in [0.5, 0.6) is 11.5 Å². The van der Waals surface area contributed by atoms with Gasteiger partial charge in [0.2, 0.25) is 0 Å². The molecule has 0 spiro atoms. The first-order chi connectivity index (χ1) is 7.45. The fourth-order valence-corrected chi connectivity index (χ4v) is 1.70. The van der Waals surface area contributed by atoms with E-state index in [1.807, 2.05) is 24.4 Å². The number of benzene rings is 1. The first-order valence-corrected chi connectivity index (χ1v) is 4.83. The molecule has 0 radical (unpaired) electrons. The van der Waals surface area contributed by atoms with E-state index in [2.05, 4.69) is 10.2 Å². The summed E-state index contributed by atoms with van der Waals surface area (Å²) in [6.45, 7) is 1.21. The molecule has 1 aliphatic rings. The Balaban J connectivity index is 2.15. The fourth-order valence-electron chi connectivity index (χ4n) is 1.70. The third-order valence-corrected chi connectivity index (χ3v) is 2.38. The lowest BCUT2D eigenvalue weighted by Gasteiger charge is -2.20. The Morgan fingerprint density at radius 2 is 2.13 bits per heavy atom. The van der Waals surface area contributed by atoms with Gasteiger partial charge in [-0.3, -0.25) is 5.10 Å². The van der Waals surface area contributed by atoms with Crippen molar-refractivity contribution >= 4 is 0 Å². The molecule has 0 fully saturated rings. The van der Waals surface area contributed by atoms with Crippen LogP contribution in [0, 0.1) is 0 Å². The van der Waals surface area contributed by atoms with E-state index in [1.165, 1.54) is 0 Å².